The van der Waals surface area contributed by atoms with Crippen LogP contribution in [0, 0.1) is 11.8 Å². The minimum Gasteiger partial charge on any atom is -0.394 e. The largest absolute Gasteiger partial charge is 0.394 e. The molecule has 1 saturated heterocycles. The molecule has 0 spiro atoms. The third kappa shape index (κ3) is 4.21. The molecule has 3 rings (SSSR count). The molecule has 3 N–H and O–H groups in total. The van der Waals surface area contributed by atoms with Crippen LogP contribution in [0.4, 0.5) is 0 Å². The summed E-state index contributed by atoms with van der Waals surface area (Å²) >= 11 is 1.57. The van der Waals surface area contributed by atoms with Gasteiger partial charge in [-0.25, -0.2) is 0 Å². The Hall–Kier alpha value is -2.06. The highest BCUT2D eigenvalue weighted by molar-refractivity contribution is 7.99. The Labute approximate surface area is 182 Å². The number of benzene rings is 1. The number of aliphatic hydroxyl groups excluding tert-OH is 1. The minimum atomic E-state index is -0.736. The topological polar surface area (TPSA) is 98.7 Å². The molecule has 5 unspecified atom stereocenters. The van der Waals surface area contributed by atoms with E-state index >= 15 is 0 Å². The number of nitrogens with one attached hydrogen (secondary N) is 2. The lowest BCUT2D eigenvalue weighted by Crippen LogP contribution is -2.57. The van der Waals surface area contributed by atoms with Gasteiger partial charge in [0.25, 0.3) is 5.91 Å². The van der Waals surface area contributed by atoms with Crippen molar-refractivity contribution in [3.63, 3.8) is 0 Å². The number of carbonyl (C=O) groups excluding carboxylic acids is 3. The van der Waals surface area contributed by atoms with Crippen LogP contribution < -0.4 is 10.6 Å². The summed E-state index contributed by atoms with van der Waals surface area (Å²) < 4.78 is 0. The molecule has 2 aliphatic heterocycles. The summed E-state index contributed by atoms with van der Waals surface area (Å²) in [4.78, 5) is 40.5. The molecule has 0 radical (unpaired) electrons. The number of amides is 3. The average Bonchev–Trinajstić information content (AvgIpc) is 3.29. The molecule has 2 heterocycles. The number of fused-ring (bicyclic) bond motifs is 3. The van der Waals surface area contributed by atoms with E-state index in [1.165, 1.54) is 0 Å². The van der Waals surface area contributed by atoms with Gasteiger partial charge < -0.3 is 20.6 Å². The van der Waals surface area contributed by atoms with E-state index in [1.807, 2.05) is 45.9 Å². The number of hydrogen-bond donors (Lipinski definition) is 3. The van der Waals surface area contributed by atoms with Crippen molar-refractivity contribution < 1.29 is 19.5 Å². The molecule has 1 fully saturated rings. The zero-order valence-electron chi connectivity index (χ0n) is 17.9. The lowest BCUT2D eigenvalue weighted by molar-refractivity contribution is -0.132. The summed E-state index contributed by atoms with van der Waals surface area (Å²) in [5, 5.41) is 15.2. The summed E-state index contributed by atoms with van der Waals surface area (Å²) in [5.74, 6) is -0.282. The summed E-state index contributed by atoms with van der Waals surface area (Å²) in [5.41, 5.74) is 1.59. The third-order valence-corrected chi connectivity index (χ3v) is 7.40. The van der Waals surface area contributed by atoms with Crippen LogP contribution in [0.3, 0.4) is 0 Å². The average molecular weight is 434 g/mol. The fourth-order valence-electron chi connectivity index (χ4n) is 3.95. The van der Waals surface area contributed by atoms with Gasteiger partial charge >= 0.3 is 0 Å². The highest BCUT2D eigenvalue weighted by atomic mass is 32.2. The van der Waals surface area contributed by atoms with Gasteiger partial charge in [0.05, 0.1) is 12.6 Å². The molecule has 1 aromatic rings. The second-order valence-electron chi connectivity index (χ2n) is 8.41. The van der Waals surface area contributed by atoms with Crippen molar-refractivity contribution in [2.75, 3.05) is 12.4 Å². The lowest BCUT2D eigenvalue weighted by Gasteiger charge is -2.29. The van der Waals surface area contributed by atoms with Crippen molar-refractivity contribution in [3.8, 4) is 0 Å². The Morgan fingerprint density at radius 3 is 2.57 bits per heavy atom. The molecular weight excluding hydrogens is 402 g/mol. The zero-order chi connectivity index (χ0) is 22.0. The predicted octanol–water partition coefficient (Wildman–Crippen LogP) is 1.92. The van der Waals surface area contributed by atoms with Crippen LogP contribution in [0.25, 0.3) is 0 Å². The van der Waals surface area contributed by atoms with Gasteiger partial charge in [-0.2, -0.15) is 0 Å². The number of rotatable bonds is 8. The molecule has 0 aromatic heterocycles. The first-order chi connectivity index (χ1) is 14.3. The Morgan fingerprint density at radius 2 is 1.93 bits per heavy atom. The Bertz CT molecular complexity index is 815. The van der Waals surface area contributed by atoms with E-state index in [1.54, 1.807) is 22.7 Å². The third-order valence-electron chi connectivity index (χ3n) is 6.10. The Morgan fingerprint density at radius 1 is 1.23 bits per heavy atom. The number of carbonyl (C=O) groups is 3. The lowest BCUT2D eigenvalue weighted by atomic mass is 9.97. The van der Waals surface area contributed by atoms with Gasteiger partial charge in [-0.1, -0.05) is 52.3 Å². The molecule has 0 aliphatic carbocycles. The predicted molar refractivity (Wildman–Crippen MR) is 117 cm³/mol. The van der Waals surface area contributed by atoms with Crippen LogP contribution in [0.15, 0.2) is 24.3 Å². The van der Waals surface area contributed by atoms with E-state index in [4.69, 9.17) is 0 Å². The van der Waals surface area contributed by atoms with Crippen LogP contribution in [0.2, 0.25) is 0 Å². The van der Waals surface area contributed by atoms with E-state index in [0.29, 0.717) is 11.3 Å². The molecule has 2 aliphatic rings. The van der Waals surface area contributed by atoms with Gasteiger partial charge in [-0.3, -0.25) is 14.4 Å². The maximum Gasteiger partial charge on any atom is 0.256 e. The normalized spacial score (nSPS) is 23.0. The Kier molecular flexibility index (Phi) is 7.08. The summed E-state index contributed by atoms with van der Waals surface area (Å²) in [6.45, 7) is 7.55. The van der Waals surface area contributed by atoms with Gasteiger partial charge in [0.1, 0.15) is 17.5 Å². The second kappa shape index (κ2) is 9.39. The molecule has 8 heteroatoms. The van der Waals surface area contributed by atoms with Crippen LogP contribution in [0.5, 0.6) is 0 Å². The Balaban J connectivity index is 1.70. The molecule has 1 aromatic carbocycles. The molecule has 3 amide bonds. The van der Waals surface area contributed by atoms with Crippen LogP contribution >= 0.6 is 11.8 Å². The molecule has 5 atom stereocenters. The molecule has 30 heavy (non-hydrogen) atoms. The first kappa shape index (κ1) is 22.6. The van der Waals surface area contributed by atoms with Gasteiger partial charge in [0.15, 0.2) is 0 Å². The zero-order valence-corrected chi connectivity index (χ0v) is 18.7. The van der Waals surface area contributed by atoms with E-state index in [2.05, 4.69) is 10.6 Å². The molecular formula is C22H31N3O4S. The maximum atomic E-state index is 13.1. The van der Waals surface area contributed by atoms with E-state index < -0.39 is 12.1 Å². The molecule has 0 saturated carbocycles. The monoisotopic (exact) mass is 433 g/mol. The van der Waals surface area contributed by atoms with Crippen molar-refractivity contribution in [2.45, 2.75) is 57.6 Å². The van der Waals surface area contributed by atoms with Crippen LogP contribution in [0.1, 0.15) is 55.4 Å². The summed E-state index contributed by atoms with van der Waals surface area (Å²) in [6, 6.07) is 5.74. The SMILES string of the molecule is CCC(C)C(CO)NC(=O)C(NC(=O)C1CSC2c3ccccc3C(=O)N12)C(C)C. The molecule has 7 nitrogen and oxygen atoms in total. The van der Waals surface area contributed by atoms with Crippen molar-refractivity contribution in [2.24, 2.45) is 11.8 Å². The maximum absolute atomic E-state index is 13.1. The fraction of sp³-hybridized carbons (Fsp3) is 0.591. The summed E-state index contributed by atoms with van der Waals surface area (Å²) in [6.07, 6.45) is 0.822. The smallest absolute Gasteiger partial charge is 0.256 e. The quantitative estimate of drug-likeness (QED) is 0.582. The summed E-state index contributed by atoms with van der Waals surface area (Å²) in [7, 11) is 0. The highest BCUT2D eigenvalue weighted by Crippen LogP contribution is 2.48. The van der Waals surface area contributed by atoms with Crippen molar-refractivity contribution >= 4 is 29.5 Å². The fourth-order valence-corrected chi connectivity index (χ4v) is 5.42. The highest BCUT2D eigenvalue weighted by Gasteiger charge is 2.48. The first-order valence-corrected chi connectivity index (χ1v) is 11.6. The molecule has 164 valence electrons. The van der Waals surface area contributed by atoms with Crippen molar-refractivity contribution in [3.05, 3.63) is 35.4 Å². The van der Waals surface area contributed by atoms with Gasteiger partial charge in [-0.05, 0) is 23.5 Å². The van der Waals surface area contributed by atoms with Gasteiger partial charge in [-0.15, -0.1) is 11.8 Å². The van der Waals surface area contributed by atoms with Gasteiger partial charge in [0, 0.05) is 11.3 Å². The number of thioether (sulfide) groups is 1. The number of aliphatic hydroxyl groups is 1. The van der Waals surface area contributed by atoms with Gasteiger partial charge in [0.2, 0.25) is 11.8 Å². The first-order valence-electron chi connectivity index (χ1n) is 10.5. The standard InChI is InChI=1S/C22H31N3O4S/c1-5-13(4)16(10-26)23-20(28)18(12(2)3)24-19(27)17-11-30-22-15-9-7-6-8-14(15)21(29)25(17)22/h6-9,12-13,16-18,22,26H,5,10-11H2,1-4H3,(H,23,28)(H,24,27). The van der Waals surface area contributed by atoms with E-state index in [9.17, 15) is 19.5 Å². The number of hydrogen-bond acceptors (Lipinski definition) is 5. The second-order valence-corrected chi connectivity index (χ2v) is 9.53. The van der Waals surface area contributed by atoms with Crippen molar-refractivity contribution in [1.82, 2.24) is 15.5 Å². The number of nitrogens with zero attached hydrogens (tertiary/aromatic N) is 1. The molecule has 0 bridgehead atoms. The van der Waals surface area contributed by atoms with Crippen LogP contribution in [-0.4, -0.2) is 58.2 Å². The van der Waals surface area contributed by atoms with E-state index in [-0.39, 0.29) is 47.6 Å². The van der Waals surface area contributed by atoms with Crippen molar-refractivity contribution in [1.29, 1.82) is 0 Å². The van der Waals surface area contributed by atoms with Crippen LogP contribution in [-0.2, 0) is 9.59 Å². The minimum absolute atomic E-state index is 0.121. The van der Waals surface area contributed by atoms with E-state index in [0.717, 1.165) is 12.0 Å².